The van der Waals surface area contributed by atoms with Crippen LogP contribution in [-0.4, -0.2) is 35.5 Å². The quantitative estimate of drug-likeness (QED) is 0.711. The third-order valence-corrected chi connectivity index (χ3v) is 2.53. The standard InChI is InChI=1S/C13H19F4N3O/c1-3-5-9-6-10(18-4-2)20-11(19-9)7-21-8-13(16,17)12(14)15/h6,12H,3-5,7-8H2,1-2H3,(H,18,19,20). The van der Waals surface area contributed by atoms with Crippen LogP contribution in [0.3, 0.4) is 0 Å². The second-order valence-corrected chi connectivity index (χ2v) is 4.50. The summed E-state index contributed by atoms with van der Waals surface area (Å²) in [4.78, 5) is 8.25. The van der Waals surface area contributed by atoms with Crippen LogP contribution in [0.5, 0.6) is 0 Å². The molecule has 1 rings (SSSR count). The molecule has 120 valence electrons. The lowest BCUT2D eigenvalue weighted by atomic mass is 10.2. The summed E-state index contributed by atoms with van der Waals surface area (Å²) >= 11 is 0. The van der Waals surface area contributed by atoms with E-state index in [0.29, 0.717) is 18.8 Å². The van der Waals surface area contributed by atoms with Gasteiger partial charge in [0.05, 0.1) is 0 Å². The van der Waals surface area contributed by atoms with Crippen molar-refractivity contribution in [2.45, 2.75) is 45.6 Å². The Hall–Kier alpha value is -1.44. The molecule has 4 nitrogen and oxygen atoms in total. The molecule has 0 aromatic carbocycles. The molecular formula is C13H19F4N3O. The Balaban J connectivity index is 2.69. The molecule has 0 amide bonds. The number of hydrogen-bond donors (Lipinski definition) is 1. The van der Waals surface area contributed by atoms with E-state index in [-0.39, 0.29) is 12.4 Å². The van der Waals surface area contributed by atoms with E-state index < -0.39 is 19.0 Å². The molecule has 1 N–H and O–H groups in total. The summed E-state index contributed by atoms with van der Waals surface area (Å²) in [6.07, 6.45) is -2.17. The van der Waals surface area contributed by atoms with Gasteiger partial charge in [-0.25, -0.2) is 18.7 Å². The predicted octanol–water partition coefficient (Wildman–Crippen LogP) is 3.28. The summed E-state index contributed by atoms with van der Waals surface area (Å²) in [5.74, 6) is -3.40. The molecule has 0 aliphatic rings. The lowest BCUT2D eigenvalue weighted by Crippen LogP contribution is -2.32. The van der Waals surface area contributed by atoms with Crippen LogP contribution < -0.4 is 5.32 Å². The number of anilines is 1. The molecule has 0 atom stereocenters. The fraction of sp³-hybridized carbons (Fsp3) is 0.692. The zero-order chi connectivity index (χ0) is 15.9. The Bertz CT molecular complexity index is 419. The maximum absolute atomic E-state index is 12.7. The maximum atomic E-state index is 12.7. The fourth-order valence-electron chi connectivity index (χ4n) is 1.61. The van der Waals surface area contributed by atoms with E-state index >= 15 is 0 Å². The summed E-state index contributed by atoms with van der Waals surface area (Å²) in [6.45, 7) is 2.82. The summed E-state index contributed by atoms with van der Waals surface area (Å²) in [5, 5.41) is 3.00. The number of aryl methyl sites for hydroxylation is 1. The zero-order valence-electron chi connectivity index (χ0n) is 12.0. The van der Waals surface area contributed by atoms with Crippen LogP contribution in [0.1, 0.15) is 31.8 Å². The highest BCUT2D eigenvalue weighted by molar-refractivity contribution is 5.35. The topological polar surface area (TPSA) is 47.0 Å². The Morgan fingerprint density at radius 1 is 1.29 bits per heavy atom. The molecule has 0 saturated carbocycles. The molecule has 1 aromatic rings. The highest BCUT2D eigenvalue weighted by atomic mass is 19.3. The van der Waals surface area contributed by atoms with Crippen LogP contribution >= 0.6 is 0 Å². The van der Waals surface area contributed by atoms with Crippen LogP contribution in [-0.2, 0) is 17.8 Å². The van der Waals surface area contributed by atoms with Crippen molar-refractivity contribution in [1.29, 1.82) is 0 Å². The van der Waals surface area contributed by atoms with Crippen molar-refractivity contribution in [2.75, 3.05) is 18.5 Å². The number of nitrogens with zero attached hydrogens (tertiary/aromatic N) is 2. The van der Waals surface area contributed by atoms with Gasteiger partial charge in [0.2, 0.25) is 0 Å². The van der Waals surface area contributed by atoms with Gasteiger partial charge in [-0.05, 0) is 13.3 Å². The molecule has 0 aliphatic carbocycles. The molecule has 0 unspecified atom stereocenters. The van der Waals surface area contributed by atoms with E-state index in [2.05, 4.69) is 20.0 Å². The smallest absolute Gasteiger partial charge is 0.330 e. The summed E-state index contributed by atoms with van der Waals surface area (Å²) in [5.41, 5.74) is 0.752. The fourth-order valence-corrected chi connectivity index (χ4v) is 1.61. The van der Waals surface area contributed by atoms with Gasteiger partial charge in [-0.2, -0.15) is 8.78 Å². The number of nitrogens with one attached hydrogen (secondary N) is 1. The second kappa shape index (κ2) is 8.11. The third-order valence-electron chi connectivity index (χ3n) is 2.53. The molecule has 0 radical (unpaired) electrons. The van der Waals surface area contributed by atoms with E-state index in [9.17, 15) is 17.6 Å². The van der Waals surface area contributed by atoms with Crippen LogP contribution in [0.2, 0.25) is 0 Å². The predicted molar refractivity (Wildman–Crippen MR) is 70.8 cm³/mol. The first kappa shape index (κ1) is 17.6. The van der Waals surface area contributed by atoms with Crippen LogP contribution in [0.25, 0.3) is 0 Å². The Morgan fingerprint density at radius 2 is 2.00 bits per heavy atom. The molecule has 0 spiro atoms. The Morgan fingerprint density at radius 3 is 2.57 bits per heavy atom. The van der Waals surface area contributed by atoms with Crippen molar-refractivity contribution < 1.29 is 22.3 Å². The van der Waals surface area contributed by atoms with Crippen molar-refractivity contribution in [2.24, 2.45) is 0 Å². The number of aromatic nitrogens is 2. The van der Waals surface area contributed by atoms with Gasteiger partial charge in [0.25, 0.3) is 0 Å². The molecule has 1 heterocycles. The minimum absolute atomic E-state index is 0.196. The van der Waals surface area contributed by atoms with E-state index in [0.717, 1.165) is 12.1 Å². The Kier molecular flexibility index (Phi) is 6.80. The highest BCUT2D eigenvalue weighted by Gasteiger charge is 2.41. The van der Waals surface area contributed by atoms with Gasteiger partial charge >= 0.3 is 12.3 Å². The Labute approximate surface area is 120 Å². The molecule has 1 aromatic heterocycles. The molecule has 0 bridgehead atoms. The van der Waals surface area contributed by atoms with Crippen molar-refractivity contribution in [1.82, 2.24) is 9.97 Å². The first-order valence-corrected chi connectivity index (χ1v) is 6.73. The highest BCUT2D eigenvalue weighted by Crippen LogP contribution is 2.23. The van der Waals surface area contributed by atoms with Gasteiger partial charge in [0.15, 0.2) is 5.82 Å². The third kappa shape index (κ3) is 5.82. The van der Waals surface area contributed by atoms with Gasteiger partial charge in [0, 0.05) is 18.3 Å². The van der Waals surface area contributed by atoms with Gasteiger partial charge < -0.3 is 10.1 Å². The maximum Gasteiger partial charge on any atom is 0.330 e. The number of rotatable bonds is 9. The SMILES string of the molecule is CCCc1cc(NCC)nc(COCC(F)(F)C(F)F)n1. The monoisotopic (exact) mass is 309 g/mol. The molecule has 21 heavy (non-hydrogen) atoms. The van der Waals surface area contributed by atoms with Crippen LogP contribution in [0.4, 0.5) is 23.4 Å². The minimum atomic E-state index is -4.16. The van der Waals surface area contributed by atoms with E-state index in [4.69, 9.17) is 0 Å². The van der Waals surface area contributed by atoms with Crippen molar-refractivity contribution in [3.8, 4) is 0 Å². The molecular weight excluding hydrogens is 290 g/mol. The number of alkyl halides is 4. The van der Waals surface area contributed by atoms with Gasteiger partial charge in [-0.3, -0.25) is 0 Å². The largest absolute Gasteiger partial charge is 0.370 e. The zero-order valence-corrected chi connectivity index (χ0v) is 12.0. The average Bonchev–Trinajstić information content (AvgIpc) is 2.39. The average molecular weight is 309 g/mol. The van der Waals surface area contributed by atoms with Crippen molar-refractivity contribution in [3.63, 3.8) is 0 Å². The van der Waals surface area contributed by atoms with Crippen molar-refractivity contribution in [3.05, 3.63) is 17.6 Å². The van der Waals surface area contributed by atoms with Gasteiger partial charge in [0.1, 0.15) is 19.0 Å². The minimum Gasteiger partial charge on any atom is -0.370 e. The molecule has 0 aliphatic heterocycles. The van der Waals surface area contributed by atoms with Crippen LogP contribution in [0.15, 0.2) is 6.07 Å². The number of ether oxygens (including phenoxy) is 1. The normalized spacial score (nSPS) is 12.0. The van der Waals surface area contributed by atoms with E-state index in [1.54, 1.807) is 6.07 Å². The lowest BCUT2D eigenvalue weighted by Gasteiger charge is -2.15. The first-order valence-electron chi connectivity index (χ1n) is 6.73. The van der Waals surface area contributed by atoms with E-state index in [1.165, 1.54) is 0 Å². The second-order valence-electron chi connectivity index (χ2n) is 4.50. The summed E-state index contributed by atoms with van der Waals surface area (Å²) < 4.78 is 54.1. The summed E-state index contributed by atoms with van der Waals surface area (Å²) in [6, 6.07) is 1.77. The number of halogens is 4. The molecule has 0 saturated heterocycles. The van der Waals surface area contributed by atoms with E-state index in [1.807, 2.05) is 13.8 Å². The van der Waals surface area contributed by atoms with Gasteiger partial charge in [-0.15, -0.1) is 0 Å². The summed E-state index contributed by atoms with van der Waals surface area (Å²) in [7, 11) is 0. The molecule has 0 fully saturated rings. The van der Waals surface area contributed by atoms with Crippen molar-refractivity contribution >= 4 is 5.82 Å². The molecule has 8 heteroatoms. The van der Waals surface area contributed by atoms with Gasteiger partial charge in [-0.1, -0.05) is 13.3 Å². The van der Waals surface area contributed by atoms with Crippen LogP contribution in [0, 0.1) is 0 Å². The first-order chi connectivity index (χ1) is 9.89. The number of hydrogen-bond acceptors (Lipinski definition) is 4. The lowest BCUT2D eigenvalue weighted by molar-refractivity contribution is -0.168.